The van der Waals surface area contributed by atoms with Crippen LogP contribution in [0.2, 0.25) is 5.15 Å². The van der Waals surface area contributed by atoms with Gasteiger partial charge in [0.1, 0.15) is 10.8 Å². The zero-order chi connectivity index (χ0) is 23.1. The summed E-state index contributed by atoms with van der Waals surface area (Å²) in [6, 6.07) is 6.43. The monoisotopic (exact) mass is 455 g/mol. The number of hydrogen-bond donors (Lipinski definition) is 1. The van der Waals surface area contributed by atoms with Crippen LogP contribution in [0.1, 0.15) is 64.1 Å². The summed E-state index contributed by atoms with van der Waals surface area (Å²) in [7, 11) is 1.87. The zero-order valence-electron chi connectivity index (χ0n) is 20.3. The number of likely N-dealkylation sites (tertiary alicyclic amines) is 1. The second-order valence-electron chi connectivity index (χ2n) is 11.2. The maximum absolute atomic E-state index is 6.63. The lowest BCUT2D eigenvalue weighted by molar-refractivity contribution is 0.00866. The fourth-order valence-electron chi connectivity index (χ4n) is 5.18. The molecule has 0 radical (unpaired) electrons. The van der Waals surface area contributed by atoms with Crippen molar-refractivity contribution in [2.75, 3.05) is 19.6 Å². The number of piperidine rings is 1. The van der Waals surface area contributed by atoms with Crippen LogP contribution >= 0.6 is 11.6 Å². The second-order valence-corrected chi connectivity index (χ2v) is 11.5. The first-order valence-corrected chi connectivity index (χ1v) is 12.3. The van der Waals surface area contributed by atoms with E-state index in [1.165, 1.54) is 51.7 Å². The molecule has 174 valence electrons. The molecule has 0 bridgehead atoms. The Morgan fingerprint density at radius 2 is 1.94 bits per heavy atom. The van der Waals surface area contributed by atoms with Crippen LogP contribution in [-0.2, 0) is 7.05 Å². The number of hydrogen-bond acceptors (Lipinski definition) is 4. The molecule has 6 heteroatoms. The molecule has 2 aliphatic rings. The Morgan fingerprint density at radius 1 is 1.25 bits per heavy atom. The van der Waals surface area contributed by atoms with E-state index in [1.807, 2.05) is 32.2 Å². The van der Waals surface area contributed by atoms with E-state index in [0.717, 1.165) is 28.3 Å². The summed E-state index contributed by atoms with van der Waals surface area (Å²) in [5.41, 5.74) is 5.23. The second kappa shape index (κ2) is 8.83. The first kappa shape index (κ1) is 23.3. The summed E-state index contributed by atoms with van der Waals surface area (Å²) >= 11 is 6.63. The van der Waals surface area contributed by atoms with E-state index in [0.29, 0.717) is 22.0 Å². The van der Waals surface area contributed by atoms with Gasteiger partial charge in [-0.15, -0.1) is 0 Å². The number of aromatic nitrogens is 3. The van der Waals surface area contributed by atoms with Crippen molar-refractivity contribution >= 4 is 17.3 Å². The molecule has 0 unspecified atom stereocenters. The standard InChI is InChI=1S/C26H38ClN5/c1-18-8-7-9-21(28-18)23-22(24(27)31(6)30-23)19(2)29-20-16-26(17-20)11-14-32(15-12-26)13-10-25(3,4)5/h7-9,20,29H,2,10-17H2,1,3-6H3. The quantitative estimate of drug-likeness (QED) is 0.608. The molecule has 1 spiro atoms. The number of rotatable bonds is 6. The van der Waals surface area contributed by atoms with Crippen LogP contribution < -0.4 is 5.32 Å². The summed E-state index contributed by atoms with van der Waals surface area (Å²) in [6.07, 6.45) is 6.33. The Kier molecular flexibility index (Phi) is 6.43. The van der Waals surface area contributed by atoms with Gasteiger partial charge < -0.3 is 10.2 Å². The summed E-state index contributed by atoms with van der Waals surface area (Å²) in [4.78, 5) is 7.31. The predicted molar refractivity (Wildman–Crippen MR) is 134 cm³/mol. The molecule has 3 heterocycles. The average molecular weight is 456 g/mol. The molecule has 2 aromatic heterocycles. The fourth-order valence-corrected chi connectivity index (χ4v) is 5.43. The largest absolute Gasteiger partial charge is 0.382 e. The van der Waals surface area contributed by atoms with Crippen molar-refractivity contribution in [3.05, 3.63) is 41.2 Å². The summed E-state index contributed by atoms with van der Waals surface area (Å²) in [5.74, 6) is 0. The van der Waals surface area contributed by atoms with Crippen LogP contribution in [0, 0.1) is 17.8 Å². The summed E-state index contributed by atoms with van der Waals surface area (Å²) < 4.78 is 1.71. The lowest BCUT2D eigenvalue weighted by Gasteiger charge is -2.53. The predicted octanol–water partition coefficient (Wildman–Crippen LogP) is 5.69. The van der Waals surface area contributed by atoms with E-state index in [-0.39, 0.29) is 0 Å². The molecule has 1 N–H and O–H groups in total. The normalized spacial score (nSPS) is 19.2. The maximum atomic E-state index is 6.63. The third-order valence-corrected chi connectivity index (χ3v) is 7.68. The Labute approximate surface area is 198 Å². The lowest BCUT2D eigenvalue weighted by atomic mass is 9.60. The van der Waals surface area contributed by atoms with Gasteiger partial charge in [-0.3, -0.25) is 9.67 Å². The molecule has 1 saturated heterocycles. The van der Waals surface area contributed by atoms with E-state index in [4.69, 9.17) is 11.6 Å². The Balaban J connectivity index is 1.35. The van der Waals surface area contributed by atoms with E-state index >= 15 is 0 Å². The smallest absolute Gasteiger partial charge is 0.136 e. The van der Waals surface area contributed by atoms with Gasteiger partial charge in [-0.2, -0.15) is 5.10 Å². The van der Waals surface area contributed by atoms with E-state index in [9.17, 15) is 0 Å². The number of aryl methyl sites for hydroxylation is 2. The van der Waals surface area contributed by atoms with Gasteiger partial charge in [0.2, 0.25) is 0 Å². The first-order chi connectivity index (χ1) is 15.1. The highest BCUT2D eigenvalue weighted by atomic mass is 35.5. The Hall–Kier alpha value is -1.85. The molecule has 0 amide bonds. The molecular weight excluding hydrogens is 418 g/mol. The molecule has 1 aliphatic heterocycles. The molecule has 0 aromatic carbocycles. The average Bonchev–Trinajstić information content (AvgIpc) is 3.00. The van der Waals surface area contributed by atoms with Gasteiger partial charge in [-0.05, 0) is 81.6 Å². The Morgan fingerprint density at radius 3 is 2.56 bits per heavy atom. The van der Waals surface area contributed by atoms with Crippen molar-refractivity contribution in [1.29, 1.82) is 0 Å². The van der Waals surface area contributed by atoms with Crippen molar-refractivity contribution in [3.8, 4) is 11.4 Å². The number of pyridine rings is 1. The number of nitrogens with zero attached hydrogens (tertiary/aromatic N) is 4. The van der Waals surface area contributed by atoms with Gasteiger partial charge in [-0.25, -0.2) is 0 Å². The van der Waals surface area contributed by atoms with Gasteiger partial charge in [0.05, 0.1) is 11.3 Å². The van der Waals surface area contributed by atoms with E-state index in [2.05, 4.69) is 47.6 Å². The maximum Gasteiger partial charge on any atom is 0.136 e. The van der Waals surface area contributed by atoms with Crippen LogP contribution in [0.4, 0.5) is 0 Å². The van der Waals surface area contributed by atoms with E-state index < -0.39 is 0 Å². The molecular formula is C26H38ClN5. The highest BCUT2D eigenvalue weighted by molar-refractivity contribution is 6.31. The molecule has 32 heavy (non-hydrogen) atoms. The third-order valence-electron chi connectivity index (χ3n) is 7.24. The lowest BCUT2D eigenvalue weighted by Crippen LogP contribution is -2.53. The zero-order valence-corrected chi connectivity index (χ0v) is 21.1. The van der Waals surface area contributed by atoms with Crippen molar-refractivity contribution < 1.29 is 0 Å². The van der Waals surface area contributed by atoms with Crippen LogP contribution in [0.15, 0.2) is 24.8 Å². The van der Waals surface area contributed by atoms with Crippen molar-refractivity contribution in [1.82, 2.24) is 25.0 Å². The number of halogens is 1. The topological polar surface area (TPSA) is 46.0 Å². The molecule has 0 atom stereocenters. The first-order valence-electron chi connectivity index (χ1n) is 11.9. The minimum absolute atomic E-state index is 0.418. The van der Waals surface area contributed by atoms with Crippen molar-refractivity contribution in [2.45, 2.75) is 65.8 Å². The van der Waals surface area contributed by atoms with Gasteiger partial charge in [0.25, 0.3) is 0 Å². The SMILES string of the molecule is C=C(NC1CC2(CCN(CCC(C)(C)C)CC2)C1)c1c(-c2cccc(C)n2)nn(C)c1Cl. The van der Waals surface area contributed by atoms with Crippen molar-refractivity contribution in [3.63, 3.8) is 0 Å². The van der Waals surface area contributed by atoms with Crippen LogP contribution in [0.5, 0.6) is 0 Å². The minimum Gasteiger partial charge on any atom is -0.382 e. The minimum atomic E-state index is 0.418. The number of nitrogens with one attached hydrogen (secondary N) is 1. The third kappa shape index (κ3) is 5.04. The van der Waals surface area contributed by atoms with Crippen LogP contribution in [0.25, 0.3) is 17.1 Å². The molecule has 1 saturated carbocycles. The van der Waals surface area contributed by atoms with E-state index in [1.54, 1.807) is 4.68 Å². The summed E-state index contributed by atoms with van der Waals surface area (Å²) in [5, 5.41) is 8.90. The Bertz CT molecular complexity index is 971. The summed E-state index contributed by atoms with van der Waals surface area (Å²) in [6.45, 7) is 17.0. The highest BCUT2D eigenvalue weighted by Crippen LogP contribution is 2.50. The van der Waals surface area contributed by atoms with Gasteiger partial charge in [0, 0.05) is 24.5 Å². The molecule has 4 rings (SSSR count). The molecule has 2 aromatic rings. The molecule has 2 fully saturated rings. The van der Waals surface area contributed by atoms with Gasteiger partial charge in [-0.1, -0.05) is 45.0 Å². The van der Waals surface area contributed by atoms with Crippen molar-refractivity contribution in [2.24, 2.45) is 17.9 Å². The highest BCUT2D eigenvalue weighted by Gasteiger charge is 2.46. The van der Waals surface area contributed by atoms with Crippen LogP contribution in [-0.4, -0.2) is 45.3 Å². The molecule has 1 aliphatic carbocycles. The van der Waals surface area contributed by atoms with Gasteiger partial charge >= 0.3 is 0 Å². The van der Waals surface area contributed by atoms with Gasteiger partial charge in [0.15, 0.2) is 0 Å². The fraction of sp³-hybridized carbons (Fsp3) is 0.615. The molecule has 5 nitrogen and oxygen atoms in total. The van der Waals surface area contributed by atoms with Crippen LogP contribution in [0.3, 0.4) is 0 Å².